The maximum atomic E-state index is 10.4. The number of aromatic nitrogens is 2. The molecule has 1 aromatic heterocycles. The summed E-state index contributed by atoms with van der Waals surface area (Å²) in [6, 6.07) is 1.69. The van der Waals surface area contributed by atoms with Gasteiger partial charge in [0.2, 0.25) is 0 Å². The van der Waals surface area contributed by atoms with E-state index in [1.807, 2.05) is 0 Å². The summed E-state index contributed by atoms with van der Waals surface area (Å²) in [6.45, 7) is 3.61. The van der Waals surface area contributed by atoms with Crippen molar-refractivity contribution in [2.24, 2.45) is 5.73 Å². The number of hydrogen-bond acceptors (Lipinski definition) is 4. The fourth-order valence-corrected chi connectivity index (χ4v) is 0.978. The molecule has 1 aromatic rings. The van der Waals surface area contributed by atoms with E-state index in [0.29, 0.717) is 5.69 Å². The third-order valence-corrected chi connectivity index (χ3v) is 1.67. The summed E-state index contributed by atoms with van der Waals surface area (Å²) in [5.41, 5.74) is 5.89. The van der Waals surface area contributed by atoms with E-state index in [0.717, 1.165) is 0 Å². The van der Waals surface area contributed by atoms with E-state index in [4.69, 9.17) is 10.8 Å². The molecule has 0 radical (unpaired) electrons. The van der Waals surface area contributed by atoms with Crippen molar-refractivity contribution in [3.63, 3.8) is 0 Å². The third-order valence-electron chi connectivity index (χ3n) is 1.67. The predicted octanol–water partition coefficient (Wildman–Crippen LogP) is 0.297. The van der Waals surface area contributed by atoms with E-state index in [1.54, 1.807) is 19.9 Å². The van der Waals surface area contributed by atoms with Crippen molar-refractivity contribution < 1.29 is 9.90 Å². The van der Waals surface area contributed by atoms with Crippen LogP contribution >= 0.6 is 0 Å². The number of carbonyl (C=O) groups is 1. The second kappa shape index (κ2) is 3.71. The summed E-state index contributed by atoms with van der Waals surface area (Å²) in [4.78, 5) is 18.3. The maximum Gasteiger partial charge on any atom is 0.311 e. The smallest absolute Gasteiger partial charge is 0.311 e. The van der Waals surface area contributed by atoms with Gasteiger partial charge < -0.3 is 10.8 Å². The number of aliphatic carboxylic acids is 1. The fourth-order valence-electron chi connectivity index (χ4n) is 0.978. The molecular formula is C9H13N3O2. The zero-order valence-electron chi connectivity index (χ0n) is 8.19. The van der Waals surface area contributed by atoms with Gasteiger partial charge in [0.25, 0.3) is 0 Å². The Bertz CT molecular complexity index is 344. The SMILES string of the molecule is CC(C)(N)c1ccnc(CC(=O)O)n1. The molecule has 0 fully saturated rings. The van der Waals surface area contributed by atoms with Gasteiger partial charge in [0.1, 0.15) is 12.2 Å². The molecular weight excluding hydrogens is 182 g/mol. The topological polar surface area (TPSA) is 89.1 Å². The molecule has 0 aliphatic carbocycles. The minimum absolute atomic E-state index is 0.177. The monoisotopic (exact) mass is 195 g/mol. The summed E-state index contributed by atoms with van der Waals surface area (Å²) in [7, 11) is 0. The number of nitrogens with two attached hydrogens (primary N) is 1. The summed E-state index contributed by atoms with van der Waals surface area (Å²) in [5.74, 6) is -0.662. The van der Waals surface area contributed by atoms with E-state index >= 15 is 0 Å². The Hall–Kier alpha value is -1.49. The molecule has 0 unspecified atom stereocenters. The van der Waals surface area contributed by atoms with Gasteiger partial charge in [-0.3, -0.25) is 4.79 Å². The van der Waals surface area contributed by atoms with Gasteiger partial charge in [0.15, 0.2) is 0 Å². The van der Waals surface area contributed by atoms with Crippen molar-refractivity contribution in [1.29, 1.82) is 0 Å². The van der Waals surface area contributed by atoms with Crippen LogP contribution in [0.4, 0.5) is 0 Å². The molecule has 0 saturated carbocycles. The molecule has 76 valence electrons. The molecule has 5 nitrogen and oxygen atoms in total. The first-order valence-electron chi connectivity index (χ1n) is 4.22. The van der Waals surface area contributed by atoms with E-state index < -0.39 is 11.5 Å². The highest BCUT2D eigenvalue weighted by molar-refractivity contribution is 5.68. The van der Waals surface area contributed by atoms with Gasteiger partial charge >= 0.3 is 5.97 Å². The molecule has 0 bridgehead atoms. The first-order chi connectivity index (χ1) is 6.39. The molecule has 0 aliphatic heterocycles. The van der Waals surface area contributed by atoms with Crippen LogP contribution in [-0.2, 0) is 16.8 Å². The number of rotatable bonds is 3. The lowest BCUT2D eigenvalue weighted by Crippen LogP contribution is -2.30. The normalized spacial score (nSPS) is 11.4. The van der Waals surface area contributed by atoms with Crippen molar-refractivity contribution in [1.82, 2.24) is 9.97 Å². The summed E-state index contributed by atoms with van der Waals surface area (Å²) in [6.07, 6.45) is 1.35. The van der Waals surface area contributed by atoms with Crippen LogP contribution in [-0.4, -0.2) is 21.0 Å². The Morgan fingerprint density at radius 1 is 1.64 bits per heavy atom. The fraction of sp³-hybridized carbons (Fsp3) is 0.444. The molecule has 1 heterocycles. The van der Waals surface area contributed by atoms with E-state index in [2.05, 4.69) is 9.97 Å². The Balaban J connectivity index is 2.95. The summed E-state index contributed by atoms with van der Waals surface area (Å²) < 4.78 is 0. The highest BCUT2D eigenvalue weighted by Gasteiger charge is 2.16. The van der Waals surface area contributed by atoms with Gasteiger partial charge in [-0.2, -0.15) is 0 Å². The molecule has 0 aliphatic rings. The molecule has 3 N–H and O–H groups in total. The van der Waals surface area contributed by atoms with E-state index in [9.17, 15) is 4.79 Å². The first-order valence-corrected chi connectivity index (χ1v) is 4.22. The molecule has 1 rings (SSSR count). The Labute approximate surface area is 82.0 Å². The van der Waals surface area contributed by atoms with Gasteiger partial charge in [-0.05, 0) is 19.9 Å². The number of nitrogens with zero attached hydrogens (tertiary/aromatic N) is 2. The Morgan fingerprint density at radius 2 is 2.29 bits per heavy atom. The number of hydrogen-bond donors (Lipinski definition) is 2. The average molecular weight is 195 g/mol. The Morgan fingerprint density at radius 3 is 2.79 bits per heavy atom. The van der Waals surface area contributed by atoms with Crippen molar-refractivity contribution >= 4 is 5.97 Å². The van der Waals surface area contributed by atoms with Crippen LogP contribution in [0, 0.1) is 0 Å². The van der Waals surface area contributed by atoms with Gasteiger partial charge in [0.05, 0.1) is 11.2 Å². The maximum absolute atomic E-state index is 10.4. The van der Waals surface area contributed by atoms with Crippen LogP contribution in [0.25, 0.3) is 0 Å². The highest BCUT2D eigenvalue weighted by Crippen LogP contribution is 2.13. The van der Waals surface area contributed by atoms with Crippen LogP contribution in [0.15, 0.2) is 12.3 Å². The van der Waals surface area contributed by atoms with Crippen LogP contribution < -0.4 is 5.73 Å². The van der Waals surface area contributed by atoms with Crippen molar-refractivity contribution in [2.45, 2.75) is 25.8 Å². The third kappa shape index (κ3) is 2.77. The molecule has 0 aromatic carbocycles. The number of carboxylic acid groups (broad SMARTS) is 1. The zero-order valence-corrected chi connectivity index (χ0v) is 8.19. The van der Waals surface area contributed by atoms with Gasteiger partial charge in [0, 0.05) is 6.20 Å². The van der Waals surface area contributed by atoms with Crippen molar-refractivity contribution in [3.05, 3.63) is 23.8 Å². The van der Waals surface area contributed by atoms with E-state index in [1.165, 1.54) is 6.20 Å². The van der Waals surface area contributed by atoms with Crippen LogP contribution in [0.3, 0.4) is 0 Å². The Kier molecular flexibility index (Phi) is 2.81. The molecule has 0 atom stereocenters. The molecule has 5 heteroatoms. The first kappa shape index (κ1) is 10.6. The number of carboxylic acids is 1. The van der Waals surface area contributed by atoms with Crippen molar-refractivity contribution in [3.8, 4) is 0 Å². The lowest BCUT2D eigenvalue weighted by molar-refractivity contribution is -0.136. The van der Waals surface area contributed by atoms with Gasteiger partial charge in [-0.25, -0.2) is 9.97 Å². The minimum atomic E-state index is -0.947. The van der Waals surface area contributed by atoms with E-state index in [-0.39, 0.29) is 12.2 Å². The standard InChI is InChI=1S/C9H13N3O2/c1-9(2,10)6-3-4-11-7(12-6)5-8(13)14/h3-4H,5,10H2,1-2H3,(H,13,14). The molecule has 0 saturated heterocycles. The zero-order chi connectivity index (χ0) is 10.8. The van der Waals surface area contributed by atoms with Gasteiger partial charge in [-0.1, -0.05) is 0 Å². The summed E-state index contributed by atoms with van der Waals surface area (Å²) in [5, 5.41) is 8.55. The predicted molar refractivity (Wildman–Crippen MR) is 50.6 cm³/mol. The molecule has 0 spiro atoms. The second-order valence-electron chi connectivity index (χ2n) is 3.65. The quantitative estimate of drug-likeness (QED) is 0.724. The lowest BCUT2D eigenvalue weighted by atomic mass is 10.0. The van der Waals surface area contributed by atoms with Crippen LogP contribution in [0.5, 0.6) is 0 Å². The van der Waals surface area contributed by atoms with Gasteiger partial charge in [-0.15, -0.1) is 0 Å². The second-order valence-corrected chi connectivity index (χ2v) is 3.65. The summed E-state index contributed by atoms with van der Waals surface area (Å²) >= 11 is 0. The van der Waals surface area contributed by atoms with Crippen LogP contribution in [0.1, 0.15) is 25.4 Å². The highest BCUT2D eigenvalue weighted by atomic mass is 16.4. The largest absolute Gasteiger partial charge is 0.481 e. The average Bonchev–Trinajstić information content (AvgIpc) is 2.01. The van der Waals surface area contributed by atoms with Crippen molar-refractivity contribution in [2.75, 3.05) is 0 Å². The minimum Gasteiger partial charge on any atom is -0.481 e. The molecule has 0 amide bonds. The van der Waals surface area contributed by atoms with Crippen LogP contribution in [0.2, 0.25) is 0 Å². The lowest BCUT2D eigenvalue weighted by Gasteiger charge is -2.17. The molecule has 14 heavy (non-hydrogen) atoms.